The number of nitro benzene ring substituents is 1. The third kappa shape index (κ3) is 5.44. The molecule has 1 N–H and O–H groups in total. The summed E-state index contributed by atoms with van der Waals surface area (Å²) >= 11 is 1.46. The molecule has 0 aliphatic rings. The first-order valence-electron chi connectivity index (χ1n) is 10.0. The fourth-order valence-corrected chi connectivity index (χ4v) is 3.90. The van der Waals surface area contributed by atoms with Crippen molar-refractivity contribution in [2.24, 2.45) is 0 Å². The Hall–Kier alpha value is -3.99. The van der Waals surface area contributed by atoms with Crippen LogP contribution in [0.15, 0.2) is 65.7 Å². The van der Waals surface area contributed by atoms with Crippen molar-refractivity contribution in [3.63, 3.8) is 0 Å². The number of aromatic nitrogens is 4. The summed E-state index contributed by atoms with van der Waals surface area (Å²) in [4.78, 5) is 22.9. The predicted octanol–water partition coefficient (Wildman–Crippen LogP) is 3.31. The van der Waals surface area contributed by atoms with Crippen LogP contribution < -0.4 is 10.1 Å². The number of carbonyl (C=O) groups is 1. The number of fused-ring (bicyclic) bond motifs is 1. The van der Waals surface area contributed by atoms with Gasteiger partial charge in [0.15, 0.2) is 11.5 Å². The highest BCUT2D eigenvalue weighted by Crippen LogP contribution is 2.23. The fourth-order valence-electron chi connectivity index (χ4n) is 3.10. The lowest BCUT2D eigenvalue weighted by molar-refractivity contribution is -0.384. The molecule has 0 radical (unpaired) electrons. The van der Waals surface area contributed by atoms with Crippen molar-refractivity contribution in [1.82, 2.24) is 25.1 Å². The van der Waals surface area contributed by atoms with Crippen molar-refractivity contribution in [3.8, 4) is 5.75 Å². The second-order valence-electron chi connectivity index (χ2n) is 7.01. The van der Waals surface area contributed by atoms with E-state index in [1.807, 2.05) is 18.2 Å². The van der Waals surface area contributed by atoms with Crippen molar-refractivity contribution < 1.29 is 14.5 Å². The van der Waals surface area contributed by atoms with Crippen LogP contribution in [0, 0.1) is 10.1 Å². The second-order valence-corrected chi connectivity index (χ2v) is 8.00. The van der Waals surface area contributed by atoms with E-state index in [1.165, 1.54) is 17.8 Å². The summed E-state index contributed by atoms with van der Waals surface area (Å²) in [5.41, 5.74) is 2.04. The maximum atomic E-state index is 12.3. The normalized spacial score (nSPS) is 10.8. The largest absolute Gasteiger partial charge is 0.497 e. The summed E-state index contributed by atoms with van der Waals surface area (Å²) in [7, 11) is 1.57. The van der Waals surface area contributed by atoms with Crippen LogP contribution in [-0.4, -0.2) is 44.3 Å². The van der Waals surface area contributed by atoms with Crippen molar-refractivity contribution >= 4 is 29.0 Å². The summed E-state index contributed by atoms with van der Waals surface area (Å²) in [5, 5.41) is 27.4. The molecule has 0 spiro atoms. The van der Waals surface area contributed by atoms with Gasteiger partial charge in [-0.25, -0.2) is 0 Å². The number of nitrogens with zero attached hydrogens (tertiary/aromatic N) is 5. The van der Waals surface area contributed by atoms with Crippen LogP contribution >= 0.6 is 11.8 Å². The first kappa shape index (κ1) is 22.2. The van der Waals surface area contributed by atoms with Crippen LogP contribution in [0.3, 0.4) is 0 Å². The second kappa shape index (κ2) is 10.1. The number of ether oxygens (including phenoxy) is 1. The van der Waals surface area contributed by atoms with Gasteiger partial charge in [0.2, 0.25) is 0 Å². The number of non-ortho nitro benzene ring substituents is 1. The van der Waals surface area contributed by atoms with E-state index in [-0.39, 0.29) is 11.6 Å². The van der Waals surface area contributed by atoms with Crippen LogP contribution in [0.1, 0.15) is 21.7 Å². The molecule has 1 amide bonds. The zero-order chi connectivity index (χ0) is 23.2. The van der Waals surface area contributed by atoms with E-state index in [2.05, 4.69) is 20.6 Å². The maximum Gasteiger partial charge on any atom is 0.269 e. The molecule has 10 nitrogen and oxygen atoms in total. The summed E-state index contributed by atoms with van der Waals surface area (Å²) < 4.78 is 6.75. The van der Waals surface area contributed by atoms with Crippen LogP contribution in [0.4, 0.5) is 5.69 Å². The van der Waals surface area contributed by atoms with Gasteiger partial charge in [-0.15, -0.1) is 10.2 Å². The monoisotopic (exact) mass is 464 g/mol. The average molecular weight is 465 g/mol. The molecule has 2 heterocycles. The molecule has 0 saturated heterocycles. The lowest BCUT2D eigenvalue weighted by atomic mass is 10.2. The topological polar surface area (TPSA) is 125 Å². The average Bonchev–Trinajstić information content (AvgIpc) is 3.25. The Morgan fingerprint density at radius 3 is 2.73 bits per heavy atom. The number of hydrogen-bond acceptors (Lipinski definition) is 8. The molecule has 0 saturated carbocycles. The van der Waals surface area contributed by atoms with Crippen molar-refractivity contribution in [3.05, 3.63) is 87.7 Å². The van der Waals surface area contributed by atoms with Crippen molar-refractivity contribution in [2.75, 3.05) is 13.7 Å². The number of thioether (sulfide) groups is 1. The number of carbonyl (C=O) groups excluding carboxylic acids is 1. The van der Waals surface area contributed by atoms with Crippen molar-refractivity contribution in [1.29, 1.82) is 0 Å². The van der Waals surface area contributed by atoms with E-state index < -0.39 is 4.92 Å². The van der Waals surface area contributed by atoms with Gasteiger partial charge in [-0.3, -0.25) is 14.9 Å². The van der Waals surface area contributed by atoms with Gasteiger partial charge in [0.1, 0.15) is 10.8 Å². The maximum absolute atomic E-state index is 12.3. The van der Waals surface area contributed by atoms with Gasteiger partial charge in [0.25, 0.3) is 11.6 Å². The van der Waals surface area contributed by atoms with E-state index in [0.717, 1.165) is 10.6 Å². The fraction of sp³-hybridized carbons (Fsp3) is 0.182. The van der Waals surface area contributed by atoms with E-state index >= 15 is 0 Å². The number of benzene rings is 2. The lowest BCUT2D eigenvalue weighted by Gasteiger charge is -2.06. The van der Waals surface area contributed by atoms with E-state index in [4.69, 9.17) is 4.74 Å². The number of rotatable bonds is 9. The number of hydrogen-bond donors (Lipinski definition) is 1. The number of methoxy groups -OCH3 is 1. The first-order valence-corrected chi connectivity index (χ1v) is 11.0. The minimum absolute atomic E-state index is 0.0642. The predicted molar refractivity (Wildman–Crippen MR) is 122 cm³/mol. The zero-order valence-corrected chi connectivity index (χ0v) is 18.5. The first-order chi connectivity index (χ1) is 16.0. The van der Waals surface area contributed by atoms with Crippen LogP contribution in [0.25, 0.3) is 5.65 Å². The Morgan fingerprint density at radius 2 is 1.97 bits per heavy atom. The Bertz CT molecular complexity index is 1290. The van der Waals surface area contributed by atoms with Gasteiger partial charge in [-0.2, -0.15) is 9.61 Å². The highest BCUT2D eigenvalue weighted by atomic mass is 32.2. The van der Waals surface area contributed by atoms with E-state index in [9.17, 15) is 14.9 Å². The zero-order valence-electron chi connectivity index (χ0n) is 17.7. The highest BCUT2D eigenvalue weighted by Gasteiger charge is 2.11. The Labute approximate surface area is 193 Å². The van der Waals surface area contributed by atoms with Gasteiger partial charge in [-0.1, -0.05) is 23.9 Å². The summed E-state index contributed by atoms with van der Waals surface area (Å²) in [6.07, 6.45) is 0.453. The molecule has 2 aromatic carbocycles. The summed E-state index contributed by atoms with van der Waals surface area (Å²) in [6.45, 7) is 0.373. The summed E-state index contributed by atoms with van der Waals surface area (Å²) in [5.74, 6) is 1.66. The lowest BCUT2D eigenvalue weighted by Crippen LogP contribution is -2.26. The molecule has 4 aromatic rings. The Kier molecular flexibility index (Phi) is 6.79. The molecule has 168 valence electrons. The molecule has 4 rings (SSSR count). The number of nitro groups is 1. The molecule has 2 aromatic heterocycles. The molecule has 0 atom stereocenters. The number of amides is 1. The molecule has 0 unspecified atom stereocenters. The molecular weight excluding hydrogens is 444 g/mol. The standard InChI is InChI=1S/C22H20N6O4S/c1-32-18-7-5-16(6-8-18)22(29)23-12-11-20-25-24-19-9-10-21(26-27(19)20)33-14-15-3-2-4-17(13-15)28(30)31/h2-10,13H,11-12,14H2,1H3,(H,23,29). The van der Waals surface area contributed by atoms with Gasteiger partial charge < -0.3 is 10.1 Å². The third-order valence-electron chi connectivity index (χ3n) is 4.80. The minimum Gasteiger partial charge on any atom is -0.497 e. The molecule has 0 aliphatic carbocycles. The van der Waals surface area contributed by atoms with Crippen LogP contribution in [0.5, 0.6) is 5.75 Å². The summed E-state index contributed by atoms with van der Waals surface area (Å²) in [6, 6.07) is 17.1. The smallest absolute Gasteiger partial charge is 0.269 e. The molecular formula is C22H20N6O4S. The quantitative estimate of drug-likeness (QED) is 0.227. The Morgan fingerprint density at radius 1 is 1.15 bits per heavy atom. The molecule has 11 heteroatoms. The van der Waals surface area contributed by atoms with Gasteiger partial charge >= 0.3 is 0 Å². The molecule has 0 bridgehead atoms. The van der Waals surface area contributed by atoms with Gasteiger partial charge in [0.05, 0.1) is 12.0 Å². The van der Waals surface area contributed by atoms with Gasteiger partial charge in [-0.05, 0) is 42.0 Å². The number of nitrogens with one attached hydrogen (secondary N) is 1. The minimum atomic E-state index is -0.407. The van der Waals surface area contributed by atoms with E-state index in [0.29, 0.717) is 41.5 Å². The van der Waals surface area contributed by atoms with E-state index in [1.54, 1.807) is 48.0 Å². The third-order valence-corrected chi connectivity index (χ3v) is 5.79. The molecule has 0 fully saturated rings. The van der Waals surface area contributed by atoms with Crippen molar-refractivity contribution in [2.45, 2.75) is 17.2 Å². The Balaban J connectivity index is 1.37. The molecule has 0 aliphatic heterocycles. The highest BCUT2D eigenvalue weighted by molar-refractivity contribution is 7.98. The van der Waals surface area contributed by atoms with Crippen LogP contribution in [-0.2, 0) is 12.2 Å². The molecule has 33 heavy (non-hydrogen) atoms. The van der Waals surface area contributed by atoms with Crippen LogP contribution in [0.2, 0.25) is 0 Å². The SMILES string of the molecule is COc1ccc(C(=O)NCCc2nnc3ccc(SCc4cccc([N+](=O)[O-])c4)nn23)cc1. The van der Waals surface area contributed by atoms with Gasteiger partial charge in [0, 0.05) is 36.4 Å².